The molecule has 8 nitrogen and oxygen atoms in total. The lowest BCUT2D eigenvalue weighted by atomic mass is 9.90. The van der Waals surface area contributed by atoms with Gasteiger partial charge in [-0.2, -0.15) is 0 Å². The van der Waals surface area contributed by atoms with Crippen LogP contribution in [0.4, 0.5) is 4.79 Å². The Bertz CT molecular complexity index is 652. The number of nitrogens with zero attached hydrogens (tertiary/aromatic N) is 1. The van der Waals surface area contributed by atoms with Crippen LogP contribution in [-0.4, -0.2) is 60.8 Å². The van der Waals surface area contributed by atoms with Gasteiger partial charge in [-0.15, -0.1) is 0 Å². The maximum atomic E-state index is 12.7. The summed E-state index contributed by atoms with van der Waals surface area (Å²) in [5.41, 5.74) is -0.857. The zero-order chi connectivity index (χ0) is 17.4. The van der Waals surface area contributed by atoms with Crippen molar-refractivity contribution in [1.29, 1.82) is 0 Å². The van der Waals surface area contributed by atoms with E-state index in [1.807, 2.05) is 0 Å². The number of sulfone groups is 1. The average molecular weight is 357 g/mol. The average Bonchev–Trinajstić information content (AvgIpc) is 2.82. The molecule has 0 unspecified atom stereocenters. The van der Waals surface area contributed by atoms with Gasteiger partial charge in [-0.25, -0.2) is 13.2 Å². The van der Waals surface area contributed by atoms with Gasteiger partial charge in [0.1, 0.15) is 12.1 Å². The molecule has 2 heterocycles. The first-order valence-corrected chi connectivity index (χ1v) is 10.3. The molecule has 134 valence electrons. The molecule has 3 rings (SSSR count). The van der Waals surface area contributed by atoms with Crippen molar-refractivity contribution in [2.24, 2.45) is 0 Å². The Kier molecular flexibility index (Phi) is 4.54. The third kappa shape index (κ3) is 3.40. The van der Waals surface area contributed by atoms with E-state index >= 15 is 0 Å². The zero-order valence-electron chi connectivity index (χ0n) is 13.5. The van der Waals surface area contributed by atoms with Crippen LogP contribution >= 0.6 is 0 Å². The lowest BCUT2D eigenvalue weighted by Gasteiger charge is -2.24. The maximum absolute atomic E-state index is 12.7. The maximum Gasteiger partial charge on any atom is 0.325 e. The van der Waals surface area contributed by atoms with E-state index in [9.17, 15) is 22.8 Å². The number of carbonyl (C=O) groups excluding carboxylic acids is 3. The van der Waals surface area contributed by atoms with Gasteiger partial charge in [-0.05, 0) is 19.3 Å². The fraction of sp³-hybridized carbons (Fsp3) is 0.800. The Morgan fingerprint density at radius 3 is 2.46 bits per heavy atom. The second-order valence-electron chi connectivity index (χ2n) is 6.99. The molecule has 9 heteroatoms. The highest BCUT2D eigenvalue weighted by molar-refractivity contribution is 7.91. The monoisotopic (exact) mass is 357 g/mol. The van der Waals surface area contributed by atoms with Gasteiger partial charge in [0.15, 0.2) is 9.84 Å². The summed E-state index contributed by atoms with van der Waals surface area (Å²) in [4.78, 5) is 37.9. The standard InChI is InChI=1S/C15H23N3O5S/c19-12(16-11-5-8-24(22,23)10-11)9-18-13(20)15(17-14(18)21)6-3-1-2-4-7-15/h11H,1-10H2,(H,16,19)(H,17,21)/t11-/m1/s1. The summed E-state index contributed by atoms with van der Waals surface area (Å²) >= 11 is 0. The molecule has 1 atom stereocenters. The number of urea groups is 1. The van der Waals surface area contributed by atoms with E-state index in [0.29, 0.717) is 19.3 Å². The van der Waals surface area contributed by atoms with E-state index < -0.39 is 33.4 Å². The van der Waals surface area contributed by atoms with Crippen molar-refractivity contribution in [3.63, 3.8) is 0 Å². The predicted octanol–water partition coefficient (Wildman–Crippen LogP) is -0.0655. The molecule has 2 aliphatic heterocycles. The van der Waals surface area contributed by atoms with Crippen molar-refractivity contribution in [3.05, 3.63) is 0 Å². The molecule has 1 aliphatic carbocycles. The number of amides is 4. The lowest BCUT2D eigenvalue weighted by Crippen LogP contribution is -2.48. The van der Waals surface area contributed by atoms with Crippen LogP contribution in [0, 0.1) is 0 Å². The molecule has 2 saturated heterocycles. The molecule has 0 radical (unpaired) electrons. The Morgan fingerprint density at radius 1 is 1.21 bits per heavy atom. The van der Waals surface area contributed by atoms with Crippen LogP contribution in [0.1, 0.15) is 44.9 Å². The third-order valence-corrected chi connectivity index (χ3v) is 6.87. The van der Waals surface area contributed by atoms with Crippen LogP contribution in [-0.2, 0) is 19.4 Å². The molecule has 0 aromatic carbocycles. The van der Waals surface area contributed by atoms with Crippen molar-refractivity contribution in [2.45, 2.75) is 56.5 Å². The van der Waals surface area contributed by atoms with Crippen molar-refractivity contribution >= 4 is 27.7 Å². The second kappa shape index (κ2) is 6.34. The van der Waals surface area contributed by atoms with E-state index in [-0.39, 0.29) is 24.0 Å². The number of rotatable bonds is 3. The molecule has 24 heavy (non-hydrogen) atoms. The first kappa shape index (κ1) is 17.2. The van der Waals surface area contributed by atoms with Gasteiger partial charge in [0.25, 0.3) is 5.91 Å². The topological polar surface area (TPSA) is 113 Å². The molecule has 1 saturated carbocycles. The molecular formula is C15H23N3O5S. The number of hydrogen-bond acceptors (Lipinski definition) is 5. The fourth-order valence-electron chi connectivity index (χ4n) is 3.82. The third-order valence-electron chi connectivity index (χ3n) is 5.10. The summed E-state index contributed by atoms with van der Waals surface area (Å²) in [6, 6.07) is -0.966. The van der Waals surface area contributed by atoms with Crippen LogP contribution in [0.3, 0.4) is 0 Å². The summed E-state index contributed by atoms with van der Waals surface area (Å²) in [6.07, 6.45) is 5.44. The van der Waals surface area contributed by atoms with Crippen molar-refractivity contribution in [2.75, 3.05) is 18.1 Å². The number of imide groups is 1. The highest BCUT2D eigenvalue weighted by Crippen LogP contribution is 2.32. The normalized spacial score (nSPS) is 28.7. The summed E-state index contributed by atoms with van der Waals surface area (Å²) < 4.78 is 22.9. The Balaban J connectivity index is 1.61. The van der Waals surface area contributed by atoms with E-state index in [4.69, 9.17) is 0 Å². The SMILES string of the molecule is O=C(CN1C(=O)NC2(CCCCCC2)C1=O)N[C@@H]1CCS(=O)(=O)C1. The van der Waals surface area contributed by atoms with E-state index in [1.54, 1.807) is 0 Å². The highest BCUT2D eigenvalue weighted by atomic mass is 32.2. The Labute approximate surface area is 141 Å². The van der Waals surface area contributed by atoms with E-state index in [0.717, 1.165) is 30.6 Å². The van der Waals surface area contributed by atoms with Gasteiger partial charge in [0.05, 0.1) is 11.5 Å². The first-order chi connectivity index (χ1) is 11.3. The largest absolute Gasteiger partial charge is 0.351 e. The summed E-state index contributed by atoms with van der Waals surface area (Å²) in [6.45, 7) is -0.358. The number of hydrogen-bond donors (Lipinski definition) is 2. The molecule has 0 aromatic rings. The molecule has 0 bridgehead atoms. The summed E-state index contributed by atoms with van der Waals surface area (Å²) in [7, 11) is -3.09. The van der Waals surface area contributed by atoms with Crippen LogP contribution < -0.4 is 10.6 Å². The zero-order valence-corrected chi connectivity index (χ0v) is 14.4. The summed E-state index contributed by atoms with van der Waals surface area (Å²) in [5.74, 6) is -0.845. The lowest BCUT2D eigenvalue weighted by molar-refractivity contribution is -0.135. The molecule has 3 aliphatic rings. The van der Waals surface area contributed by atoms with Crippen molar-refractivity contribution in [3.8, 4) is 0 Å². The minimum atomic E-state index is -3.09. The van der Waals surface area contributed by atoms with Gasteiger partial charge in [0, 0.05) is 6.04 Å². The quantitative estimate of drug-likeness (QED) is 0.687. The predicted molar refractivity (Wildman–Crippen MR) is 85.9 cm³/mol. The van der Waals surface area contributed by atoms with Crippen molar-refractivity contribution < 1.29 is 22.8 Å². The van der Waals surface area contributed by atoms with Crippen LogP contribution in [0.25, 0.3) is 0 Å². The second-order valence-corrected chi connectivity index (χ2v) is 9.21. The minimum Gasteiger partial charge on any atom is -0.351 e. The van der Waals surface area contributed by atoms with Crippen LogP contribution in [0.5, 0.6) is 0 Å². The van der Waals surface area contributed by atoms with Crippen molar-refractivity contribution in [1.82, 2.24) is 15.5 Å². The van der Waals surface area contributed by atoms with E-state index in [2.05, 4.69) is 10.6 Å². The van der Waals surface area contributed by atoms with Gasteiger partial charge in [-0.3, -0.25) is 14.5 Å². The van der Waals surface area contributed by atoms with Gasteiger partial charge in [-0.1, -0.05) is 25.7 Å². The van der Waals surface area contributed by atoms with Gasteiger partial charge < -0.3 is 10.6 Å². The van der Waals surface area contributed by atoms with E-state index in [1.165, 1.54) is 0 Å². The number of nitrogens with one attached hydrogen (secondary N) is 2. The first-order valence-electron chi connectivity index (χ1n) is 8.45. The number of carbonyl (C=O) groups is 3. The highest BCUT2D eigenvalue weighted by Gasteiger charge is 2.51. The Morgan fingerprint density at radius 2 is 1.88 bits per heavy atom. The molecule has 1 spiro atoms. The van der Waals surface area contributed by atoms with Crippen LogP contribution in [0.15, 0.2) is 0 Å². The fourth-order valence-corrected chi connectivity index (χ4v) is 5.49. The molecule has 0 aromatic heterocycles. The smallest absolute Gasteiger partial charge is 0.325 e. The molecule has 4 amide bonds. The van der Waals surface area contributed by atoms with Gasteiger partial charge >= 0.3 is 6.03 Å². The minimum absolute atomic E-state index is 0.0597. The molecular weight excluding hydrogens is 334 g/mol. The van der Waals surface area contributed by atoms with Crippen LogP contribution in [0.2, 0.25) is 0 Å². The molecule has 2 N–H and O–H groups in total. The van der Waals surface area contributed by atoms with Gasteiger partial charge in [0.2, 0.25) is 5.91 Å². The Hall–Kier alpha value is -1.64. The summed E-state index contributed by atoms with van der Waals surface area (Å²) in [5, 5.41) is 5.40. The molecule has 3 fully saturated rings.